The van der Waals surface area contributed by atoms with Gasteiger partial charge in [-0.25, -0.2) is 4.98 Å². The summed E-state index contributed by atoms with van der Waals surface area (Å²) in [6.45, 7) is 5.31. The van der Waals surface area contributed by atoms with Crippen LogP contribution >= 0.6 is 11.8 Å². The van der Waals surface area contributed by atoms with Gasteiger partial charge >= 0.3 is 0 Å². The van der Waals surface area contributed by atoms with Crippen LogP contribution in [0.5, 0.6) is 0 Å². The first-order valence-corrected chi connectivity index (χ1v) is 6.63. The Bertz CT molecular complexity index is 410. The number of aromatic nitrogens is 1. The molecule has 92 valence electrons. The molecule has 2 heterocycles. The van der Waals surface area contributed by atoms with Crippen molar-refractivity contribution in [2.75, 3.05) is 17.2 Å². The van der Waals surface area contributed by atoms with Gasteiger partial charge in [0.15, 0.2) is 0 Å². The van der Waals surface area contributed by atoms with Crippen molar-refractivity contribution in [3.8, 4) is 0 Å². The van der Waals surface area contributed by atoms with E-state index in [2.05, 4.69) is 23.7 Å². The molecule has 0 radical (unpaired) electrons. The van der Waals surface area contributed by atoms with E-state index in [1.807, 2.05) is 11.8 Å². The molecule has 0 saturated carbocycles. The molecule has 1 aliphatic heterocycles. The Morgan fingerprint density at radius 1 is 1.53 bits per heavy atom. The predicted octanol–water partition coefficient (Wildman–Crippen LogP) is 2.32. The average Bonchev–Trinajstić information content (AvgIpc) is 2.33. The van der Waals surface area contributed by atoms with Crippen LogP contribution in [0.15, 0.2) is 18.3 Å². The highest BCUT2D eigenvalue weighted by atomic mass is 32.2. The number of thioether (sulfide) groups is 1. The second-order valence-corrected chi connectivity index (χ2v) is 5.63. The fourth-order valence-corrected chi connectivity index (χ4v) is 3.01. The van der Waals surface area contributed by atoms with Gasteiger partial charge in [-0.2, -0.15) is 11.8 Å². The lowest BCUT2D eigenvalue weighted by molar-refractivity contribution is -0.385. The van der Waals surface area contributed by atoms with E-state index < -0.39 is 4.92 Å². The molecule has 2 atom stereocenters. The SMILES string of the molecule is CC1SCCN(c2ccc([N+](=O)[O-])cn2)C1C. The molecule has 2 rings (SSSR count). The third kappa shape index (κ3) is 2.52. The van der Waals surface area contributed by atoms with Crippen LogP contribution in [0.2, 0.25) is 0 Å². The van der Waals surface area contributed by atoms with Crippen molar-refractivity contribution in [1.82, 2.24) is 4.98 Å². The number of nitrogens with zero attached hydrogens (tertiary/aromatic N) is 3. The van der Waals surface area contributed by atoms with Crippen LogP contribution in [-0.2, 0) is 0 Å². The van der Waals surface area contributed by atoms with E-state index in [9.17, 15) is 10.1 Å². The number of pyridine rings is 1. The van der Waals surface area contributed by atoms with E-state index in [1.54, 1.807) is 6.07 Å². The Kier molecular flexibility index (Phi) is 3.51. The first-order valence-electron chi connectivity index (χ1n) is 5.58. The van der Waals surface area contributed by atoms with Crippen LogP contribution in [0, 0.1) is 10.1 Å². The van der Waals surface area contributed by atoms with E-state index in [4.69, 9.17) is 0 Å². The molecule has 0 amide bonds. The topological polar surface area (TPSA) is 59.3 Å². The van der Waals surface area contributed by atoms with Gasteiger partial charge in [0.1, 0.15) is 12.0 Å². The maximum atomic E-state index is 10.6. The van der Waals surface area contributed by atoms with Gasteiger partial charge in [-0.05, 0) is 13.0 Å². The van der Waals surface area contributed by atoms with Gasteiger partial charge in [-0.15, -0.1) is 0 Å². The van der Waals surface area contributed by atoms with E-state index in [0.29, 0.717) is 11.3 Å². The first-order chi connectivity index (χ1) is 8.09. The van der Waals surface area contributed by atoms with Gasteiger partial charge in [0, 0.05) is 29.7 Å². The van der Waals surface area contributed by atoms with Gasteiger partial charge in [0.05, 0.1) is 4.92 Å². The zero-order valence-corrected chi connectivity index (χ0v) is 10.7. The molecule has 1 aliphatic rings. The second kappa shape index (κ2) is 4.91. The monoisotopic (exact) mass is 253 g/mol. The molecule has 1 saturated heterocycles. The summed E-state index contributed by atoms with van der Waals surface area (Å²) >= 11 is 1.95. The minimum atomic E-state index is -0.422. The minimum Gasteiger partial charge on any atom is -0.352 e. The van der Waals surface area contributed by atoms with Crippen molar-refractivity contribution in [2.24, 2.45) is 0 Å². The predicted molar refractivity (Wildman–Crippen MR) is 69.6 cm³/mol. The van der Waals surface area contributed by atoms with Crippen molar-refractivity contribution in [3.05, 3.63) is 28.4 Å². The van der Waals surface area contributed by atoms with Crippen LogP contribution in [-0.4, -0.2) is 33.5 Å². The zero-order valence-electron chi connectivity index (χ0n) is 9.87. The molecule has 1 fully saturated rings. The highest BCUT2D eigenvalue weighted by molar-refractivity contribution is 8.00. The summed E-state index contributed by atoms with van der Waals surface area (Å²) in [5.74, 6) is 1.90. The normalized spacial score (nSPS) is 24.7. The molecule has 0 N–H and O–H groups in total. The van der Waals surface area contributed by atoms with E-state index in [-0.39, 0.29) is 5.69 Å². The Morgan fingerprint density at radius 3 is 2.88 bits per heavy atom. The third-order valence-corrected chi connectivity index (χ3v) is 4.46. The lowest BCUT2D eigenvalue weighted by Crippen LogP contribution is -2.45. The molecule has 1 aromatic rings. The summed E-state index contributed by atoms with van der Waals surface area (Å²) in [7, 11) is 0. The van der Waals surface area contributed by atoms with E-state index >= 15 is 0 Å². The largest absolute Gasteiger partial charge is 0.352 e. The van der Waals surface area contributed by atoms with Gasteiger partial charge in [0.25, 0.3) is 5.69 Å². The summed E-state index contributed by atoms with van der Waals surface area (Å²) < 4.78 is 0. The fraction of sp³-hybridized carbons (Fsp3) is 0.545. The van der Waals surface area contributed by atoms with Gasteiger partial charge in [0.2, 0.25) is 0 Å². The van der Waals surface area contributed by atoms with Crippen LogP contribution in [0.4, 0.5) is 11.5 Å². The van der Waals surface area contributed by atoms with Crippen molar-refractivity contribution in [2.45, 2.75) is 25.1 Å². The Balaban J connectivity index is 2.19. The Morgan fingerprint density at radius 2 is 2.29 bits per heavy atom. The van der Waals surface area contributed by atoms with Crippen molar-refractivity contribution < 1.29 is 4.92 Å². The lowest BCUT2D eigenvalue weighted by atomic mass is 10.2. The summed E-state index contributed by atoms with van der Waals surface area (Å²) in [4.78, 5) is 16.5. The number of hydrogen-bond donors (Lipinski definition) is 0. The molecular weight excluding hydrogens is 238 g/mol. The Labute approximate surface area is 104 Å². The van der Waals surface area contributed by atoms with Crippen LogP contribution < -0.4 is 4.90 Å². The summed E-state index contributed by atoms with van der Waals surface area (Å²) in [6, 6.07) is 3.65. The molecular formula is C11H15N3O2S. The smallest absolute Gasteiger partial charge is 0.287 e. The quantitative estimate of drug-likeness (QED) is 0.598. The summed E-state index contributed by atoms with van der Waals surface area (Å²) in [6.07, 6.45) is 1.33. The van der Waals surface area contributed by atoms with Crippen molar-refractivity contribution >= 4 is 23.3 Å². The molecule has 0 spiro atoms. The second-order valence-electron chi connectivity index (χ2n) is 4.14. The summed E-state index contributed by atoms with van der Waals surface area (Å²) in [5.41, 5.74) is 0.0424. The highest BCUT2D eigenvalue weighted by Gasteiger charge is 2.26. The van der Waals surface area contributed by atoms with Crippen LogP contribution in [0.25, 0.3) is 0 Å². The molecule has 6 heteroatoms. The maximum Gasteiger partial charge on any atom is 0.287 e. The molecule has 0 aliphatic carbocycles. The van der Waals surface area contributed by atoms with Crippen molar-refractivity contribution in [1.29, 1.82) is 0 Å². The van der Waals surface area contributed by atoms with Crippen LogP contribution in [0.1, 0.15) is 13.8 Å². The minimum absolute atomic E-state index is 0.0424. The molecule has 0 aromatic carbocycles. The number of rotatable bonds is 2. The average molecular weight is 253 g/mol. The maximum absolute atomic E-state index is 10.6. The van der Waals surface area contributed by atoms with Gasteiger partial charge in [-0.1, -0.05) is 6.92 Å². The van der Waals surface area contributed by atoms with E-state index in [0.717, 1.165) is 18.1 Å². The van der Waals surface area contributed by atoms with E-state index in [1.165, 1.54) is 12.3 Å². The van der Waals surface area contributed by atoms with Crippen LogP contribution in [0.3, 0.4) is 0 Å². The number of anilines is 1. The zero-order chi connectivity index (χ0) is 12.4. The first kappa shape index (κ1) is 12.2. The highest BCUT2D eigenvalue weighted by Crippen LogP contribution is 2.28. The molecule has 0 bridgehead atoms. The third-order valence-electron chi connectivity index (χ3n) is 3.12. The number of nitro groups is 1. The fourth-order valence-electron chi connectivity index (χ4n) is 1.91. The lowest BCUT2D eigenvalue weighted by Gasteiger charge is -2.38. The molecule has 2 unspecified atom stereocenters. The van der Waals surface area contributed by atoms with Gasteiger partial charge < -0.3 is 4.90 Å². The Hall–Kier alpha value is -1.30. The van der Waals surface area contributed by atoms with Gasteiger partial charge in [-0.3, -0.25) is 10.1 Å². The standard InChI is InChI=1S/C11H15N3O2S/c1-8-9(2)17-6-5-13(8)11-4-3-10(7-12-11)14(15)16/h3-4,7-9H,5-6H2,1-2H3. The summed E-state index contributed by atoms with van der Waals surface area (Å²) in [5, 5.41) is 11.1. The number of hydrogen-bond acceptors (Lipinski definition) is 5. The molecule has 1 aromatic heterocycles. The molecule has 17 heavy (non-hydrogen) atoms. The van der Waals surface area contributed by atoms with Crippen molar-refractivity contribution in [3.63, 3.8) is 0 Å². The molecule has 5 nitrogen and oxygen atoms in total.